The Balaban J connectivity index is 1.61. The topological polar surface area (TPSA) is 0 Å². The summed E-state index contributed by atoms with van der Waals surface area (Å²) in [6.45, 7) is 5.52. The second kappa shape index (κ2) is 7.64. The summed E-state index contributed by atoms with van der Waals surface area (Å²) in [5.41, 5.74) is 0. The van der Waals surface area contributed by atoms with Crippen LogP contribution in [0.15, 0.2) is 60.7 Å². The SMILES string of the molecule is C[Si](C)([C@H]1CCC[P@]1c1ccccc1)[C@H]1CCC[P@]1c1ccccc1. The van der Waals surface area contributed by atoms with Crippen molar-refractivity contribution in [2.45, 2.75) is 49.3 Å². The standard InChI is InChI=1S/C22H30P2Si/c1-25(2,21-15-9-17-23(21)19-11-5-3-6-12-19)22-16-10-18-24(22)20-13-7-4-8-14-20/h3-8,11-14,21-22H,9-10,15-18H2,1-2H3/t21-,22-,23+,24+/m0/s1. The molecule has 2 aliphatic heterocycles. The van der Waals surface area contributed by atoms with Gasteiger partial charge in [-0.1, -0.05) is 89.6 Å². The maximum atomic E-state index is 2.76. The Bertz CT molecular complexity index is 626. The second-order valence-corrected chi connectivity index (χ2v) is 19.3. The summed E-state index contributed by atoms with van der Waals surface area (Å²) in [5, 5.41) is 5.45. The lowest BCUT2D eigenvalue weighted by Crippen LogP contribution is -2.50. The van der Waals surface area contributed by atoms with Crippen LogP contribution in [-0.4, -0.2) is 31.0 Å². The monoisotopic (exact) mass is 384 g/mol. The normalized spacial score (nSPS) is 29.8. The zero-order valence-corrected chi connectivity index (χ0v) is 18.4. The first-order valence-electron chi connectivity index (χ1n) is 9.81. The van der Waals surface area contributed by atoms with Crippen LogP contribution < -0.4 is 10.6 Å². The van der Waals surface area contributed by atoms with Crippen LogP contribution >= 0.6 is 15.8 Å². The Labute approximate surface area is 157 Å². The molecular weight excluding hydrogens is 354 g/mol. The van der Waals surface area contributed by atoms with Gasteiger partial charge in [0.2, 0.25) is 0 Å². The molecule has 0 unspecified atom stereocenters. The molecule has 2 saturated heterocycles. The van der Waals surface area contributed by atoms with Gasteiger partial charge < -0.3 is 0 Å². The Morgan fingerprint density at radius 2 is 1.08 bits per heavy atom. The van der Waals surface area contributed by atoms with E-state index in [1.54, 1.807) is 10.6 Å². The predicted molar refractivity (Wildman–Crippen MR) is 119 cm³/mol. The summed E-state index contributed by atoms with van der Waals surface area (Å²) in [5.74, 6) is 0. The third-order valence-corrected chi connectivity index (χ3v) is 21.8. The third-order valence-electron chi connectivity index (χ3n) is 6.40. The predicted octanol–water partition coefficient (Wildman–Crippen LogP) is 5.71. The van der Waals surface area contributed by atoms with Crippen molar-refractivity contribution in [2.75, 3.05) is 12.3 Å². The van der Waals surface area contributed by atoms with Gasteiger partial charge in [0.1, 0.15) is 0 Å². The van der Waals surface area contributed by atoms with Crippen LogP contribution in [0.5, 0.6) is 0 Å². The molecule has 132 valence electrons. The van der Waals surface area contributed by atoms with Crippen LogP contribution in [0.4, 0.5) is 0 Å². The minimum Gasteiger partial charge on any atom is -0.0749 e. The summed E-state index contributed by atoms with van der Waals surface area (Å²) in [6.07, 6.45) is 8.92. The van der Waals surface area contributed by atoms with Crippen LogP contribution in [-0.2, 0) is 0 Å². The van der Waals surface area contributed by atoms with Crippen molar-refractivity contribution < 1.29 is 0 Å². The molecule has 4 atom stereocenters. The average molecular weight is 385 g/mol. The van der Waals surface area contributed by atoms with E-state index in [2.05, 4.69) is 73.8 Å². The van der Waals surface area contributed by atoms with Gasteiger partial charge in [0.25, 0.3) is 0 Å². The molecule has 2 aliphatic rings. The molecule has 25 heavy (non-hydrogen) atoms. The fourth-order valence-corrected chi connectivity index (χ4v) is 22.0. The van der Waals surface area contributed by atoms with E-state index in [1.165, 1.54) is 38.0 Å². The molecule has 0 nitrogen and oxygen atoms in total. The van der Waals surface area contributed by atoms with E-state index in [4.69, 9.17) is 0 Å². The number of hydrogen-bond donors (Lipinski definition) is 0. The van der Waals surface area contributed by atoms with Gasteiger partial charge in [-0.3, -0.25) is 0 Å². The van der Waals surface area contributed by atoms with Crippen molar-refractivity contribution in [3.63, 3.8) is 0 Å². The highest BCUT2D eigenvalue weighted by Crippen LogP contribution is 2.60. The summed E-state index contributed by atoms with van der Waals surface area (Å²) in [7, 11) is -1.12. The van der Waals surface area contributed by atoms with Crippen molar-refractivity contribution >= 4 is 34.5 Å². The van der Waals surface area contributed by atoms with E-state index in [-0.39, 0.29) is 15.8 Å². The molecular formula is C22H30P2Si. The number of rotatable bonds is 4. The first kappa shape index (κ1) is 17.9. The molecule has 0 N–H and O–H groups in total. The van der Waals surface area contributed by atoms with Gasteiger partial charge in [-0.2, -0.15) is 0 Å². The molecule has 2 heterocycles. The zero-order valence-electron chi connectivity index (χ0n) is 15.6. The molecule has 0 bridgehead atoms. The van der Waals surface area contributed by atoms with Crippen molar-refractivity contribution in [3.8, 4) is 0 Å². The van der Waals surface area contributed by atoms with Crippen molar-refractivity contribution in [1.82, 2.24) is 0 Å². The van der Waals surface area contributed by atoms with Crippen molar-refractivity contribution in [1.29, 1.82) is 0 Å². The van der Waals surface area contributed by atoms with Crippen LogP contribution in [0.2, 0.25) is 13.1 Å². The van der Waals surface area contributed by atoms with Gasteiger partial charge in [-0.15, -0.1) is 0 Å². The van der Waals surface area contributed by atoms with Crippen molar-refractivity contribution in [2.24, 2.45) is 0 Å². The molecule has 0 saturated carbocycles. The van der Waals surface area contributed by atoms with E-state index in [1.807, 2.05) is 0 Å². The zero-order chi connectivity index (χ0) is 17.3. The maximum Gasteiger partial charge on any atom is 0.0631 e. The van der Waals surface area contributed by atoms with Gasteiger partial charge in [0.15, 0.2) is 0 Å². The summed E-state index contributed by atoms with van der Waals surface area (Å²) >= 11 is 0. The Morgan fingerprint density at radius 1 is 0.680 bits per heavy atom. The first-order valence-corrected chi connectivity index (χ1v) is 16.2. The highest BCUT2D eigenvalue weighted by atomic mass is 31.1. The van der Waals surface area contributed by atoms with Gasteiger partial charge in [0, 0.05) is 0 Å². The molecule has 0 aliphatic carbocycles. The third kappa shape index (κ3) is 3.53. The smallest absolute Gasteiger partial charge is 0.0631 e. The minimum absolute atomic E-state index is 0.0764. The fraction of sp³-hybridized carbons (Fsp3) is 0.455. The lowest BCUT2D eigenvalue weighted by atomic mass is 10.4. The van der Waals surface area contributed by atoms with Crippen LogP contribution in [0.3, 0.4) is 0 Å². The molecule has 0 radical (unpaired) electrons. The quantitative estimate of drug-likeness (QED) is 0.468. The molecule has 0 spiro atoms. The van der Waals surface area contributed by atoms with E-state index < -0.39 is 8.07 Å². The lowest BCUT2D eigenvalue weighted by molar-refractivity contribution is 0.855. The van der Waals surface area contributed by atoms with Gasteiger partial charge >= 0.3 is 0 Å². The summed E-state index contributed by atoms with van der Waals surface area (Å²) < 4.78 is 0. The van der Waals surface area contributed by atoms with Gasteiger partial charge in [-0.05, 0) is 59.2 Å². The van der Waals surface area contributed by atoms with E-state index in [0.29, 0.717) is 0 Å². The largest absolute Gasteiger partial charge is 0.0749 e. The first-order chi connectivity index (χ1) is 12.2. The van der Waals surface area contributed by atoms with Crippen LogP contribution in [0, 0.1) is 0 Å². The Kier molecular flexibility index (Phi) is 5.47. The van der Waals surface area contributed by atoms with Gasteiger partial charge in [-0.25, -0.2) is 0 Å². The second-order valence-electron chi connectivity index (χ2n) is 8.20. The lowest BCUT2D eigenvalue weighted by Gasteiger charge is -2.42. The summed E-state index contributed by atoms with van der Waals surface area (Å²) in [4.78, 5) is 0. The van der Waals surface area contributed by atoms with E-state index in [9.17, 15) is 0 Å². The highest BCUT2D eigenvalue weighted by molar-refractivity contribution is 7.72. The number of benzene rings is 2. The molecule has 4 rings (SSSR count). The molecule has 2 aromatic rings. The Hall–Kier alpha value is -0.483. The highest BCUT2D eigenvalue weighted by Gasteiger charge is 2.49. The minimum atomic E-state index is -1.27. The van der Waals surface area contributed by atoms with Gasteiger partial charge in [0.05, 0.1) is 8.07 Å². The van der Waals surface area contributed by atoms with Crippen LogP contribution in [0.1, 0.15) is 25.7 Å². The molecule has 0 aromatic heterocycles. The molecule has 2 fully saturated rings. The fourth-order valence-electron chi connectivity index (χ4n) is 5.16. The Morgan fingerprint density at radius 3 is 1.48 bits per heavy atom. The van der Waals surface area contributed by atoms with Crippen molar-refractivity contribution in [3.05, 3.63) is 60.7 Å². The molecule has 0 amide bonds. The molecule has 2 aromatic carbocycles. The summed E-state index contributed by atoms with van der Waals surface area (Å²) in [6, 6.07) is 23.1. The number of hydrogen-bond acceptors (Lipinski definition) is 0. The van der Waals surface area contributed by atoms with E-state index in [0.717, 1.165) is 10.6 Å². The average Bonchev–Trinajstić information content (AvgIpc) is 3.33. The molecule has 3 heteroatoms. The maximum absolute atomic E-state index is 2.76. The van der Waals surface area contributed by atoms with E-state index >= 15 is 0 Å². The van der Waals surface area contributed by atoms with Crippen LogP contribution in [0.25, 0.3) is 0 Å².